The Kier molecular flexibility index (Phi) is 6.16. The molecule has 1 heterocycles. The van der Waals surface area contributed by atoms with Crippen LogP contribution in [-0.4, -0.2) is 32.9 Å². The minimum atomic E-state index is -4.05. The zero-order chi connectivity index (χ0) is 23.6. The van der Waals surface area contributed by atoms with Crippen LogP contribution >= 0.6 is 0 Å². The summed E-state index contributed by atoms with van der Waals surface area (Å²) in [4.78, 5) is 17.9. The van der Waals surface area contributed by atoms with Gasteiger partial charge in [0.1, 0.15) is 11.5 Å². The number of pyridine rings is 1. The lowest BCUT2D eigenvalue weighted by molar-refractivity contribution is 0.103. The van der Waals surface area contributed by atoms with Gasteiger partial charge in [0, 0.05) is 17.1 Å². The van der Waals surface area contributed by atoms with Crippen LogP contribution in [0.1, 0.15) is 28.4 Å². The van der Waals surface area contributed by atoms with E-state index < -0.39 is 15.6 Å². The molecule has 4 rings (SSSR count). The van der Waals surface area contributed by atoms with Crippen LogP contribution in [0.4, 0.5) is 0 Å². The lowest BCUT2D eigenvalue weighted by Gasteiger charge is -2.14. The highest BCUT2D eigenvalue weighted by molar-refractivity contribution is 7.91. The third-order valence-electron chi connectivity index (χ3n) is 5.30. The highest BCUT2D eigenvalue weighted by Crippen LogP contribution is 2.34. The zero-order valence-corrected chi connectivity index (χ0v) is 19.3. The Labute approximate surface area is 192 Å². The topological polar surface area (TPSA) is 82.6 Å². The van der Waals surface area contributed by atoms with E-state index in [1.165, 1.54) is 13.3 Å². The first-order chi connectivity index (χ1) is 15.8. The Hall–Kier alpha value is -3.71. The molecule has 0 saturated heterocycles. The van der Waals surface area contributed by atoms with Gasteiger partial charge in [0.05, 0.1) is 34.6 Å². The second kappa shape index (κ2) is 9.03. The molecule has 168 valence electrons. The van der Waals surface area contributed by atoms with Crippen molar-refractivity contribution in [1.82, 2.24) is 4.98 Å². The van der Waals surface area contributed by atoms with Gasteiger partial charge in [-0.15, -0.1) is 0 Å². The number of aryl methyl sites for hydroxylation is 1. The summed E-state index contributed by atoms with van der Waals surface area (Å²) in [6, 6.07) is 18.1. The molecule has 4 aromatic rings. The Morgan fingerprint density at radius 1 is 0.939 bits per heavy atom. The number of methoxy groups -OCH3 is 1. The molecule has 0 aliphatic rings. The SMILES string of the molecule is CCOc1ccc2ncc(C(=O)c3ccc(OC)cc3)c(S(=O)(=O)c3ccc(C)cc3)c2c1. The largest absolute Gasteiger partial charge is 0.497 e. The second-order valence-electron chi connectivity index (χ2n) is 7.49. The molecule has 7 heteroatoms. The lowest BCUT2D eigenvalue weighted by Crippen LogP contribution is -2.13. The summed E-state index contributed by atoms with van der Waals surface area (Å²) in [6.45, 7) is 4.14. The Morgan fingerprint density at radius 2 is 1.61 bits per heavy atom. The number of sulfone groups is 1. The minimum absolute atomic E-state index is 0.00175. The average Bonchev–Trinajstić information content (AvgIpc) is 2.83. The maximum atomic E-state index is 13.8. The molecular weight excluding hydrogens is 438 g/mol. The van der Waals surface area contributed by atoms with Crippen LogP contribution in [0.3, 0.4) is 0 Å². The van der Waals surface area contributed by atoms with Gasteiger partial charge in [-0.05, 0) is 68.4 Å². The summed E-state index contributed by atoms with van der Waals surface area (Å²) >= 11 is 0. The molecule has 6 nitrogen and oxygen atoms in total. The van der Waals surface area contributed by atoms with Crippen LogP contribution < -0.4 is 9.47 Å². The molecule has 0 radical (unpaired) electrons. The molecule has 0 atom stereocenters. The maximum absolute atomic E-state index is 13.8. The van der Waals surface area contributed by atoms with Crippen LogP contribution in [0, 0.1) is 6.92 Å². The number of rotatable bonds is 7. The van der Waals surface area contributed by atoms with Crippen molar-refractivity contribution in [3.8, 4) is 11.5 Å². The zero-order valence-electron chi connectivity index (χ0n) is 18.5. The Balaban J connectivity index is 1.99. The van der Waals surface area contributed by atoms with Crippen molar-refractivity contribution in [2.75, 3.05) is 13.7 Å². The number of carbonyl (C=O) groups excluding carboxylic acids is 1. The standard InChI is InChI=1S/C26H23NO5S/c1-4-32-20-11-14-24-22(15-20)26(33(29,30)21-12-5-17(2)6-13-21)23(16-27-24)25(28)18-7-9-19(31-3)10-8-18/h5-16H,4H2,1-3H3. The fraction of sp³-hybridized carbons (Fsp3) is 0.154. The van der Waals surface area contributed by atoms with Crippen molar-refractivity contribution in [3.05, 3.63) is 89.6 Å². The monoisotopic (exact) mass is 461 g/mol. The highest BCUT2D eigenvalue weighted by Gasteiger charge is 2.28. The van der Waals surface area contributed by atoms with Crippen LogP contribution in [0.15, 0.2) is 82.7 Å². The van der Waals surface area contributed by atoms with E-state index in [4.69, 9.17) is 9.47 Å². The van der Waals surface area contributed by atoms with Crippen molar-refractivity contribution in [1.29, 1.82) is 0 Å². The number of aromatic nitrogens is 1. The fourth-order valence-electron chi connectivity index (χ4n) is 3.59. The average molecular weight is 462 g/mol. The van der Waals surface area contributed by atoms with E-state index in [-0.39, 0.29) is 15.4 Å². The van der Waals surface area contributed by atoms with Gasteiger partial charge >= 0.3 is 0 Å². The molecule has 0 aliphatic carbocycles. The Morgan fingerprint density at radius 3 is 2.24 bits per heavy atom. The molecule has 0 aliphatic heterocycles. The Bertz CT molecular complexity index is 1430. The summed E-state index contributed by atoms with van der Waals surface area (Å²) in [5, 5.41) is 0.334. The number of ketones is 1. The molecule has 0 unspecified atom stereocenters. The van der Waals surface area contributed by atoms with Gasteiger partial charge < -0.3 is 9.47 Å². The molecule has 0 amide bonds. The maximum Gasteiger partial charge on any atom is 0.208 e. The van der Waals surface area contributed by atoms with Crippen LogP contribution in [0.5, 0.6) is 11.5 Å². The predicted molar refractivity (Wildman–Crippen MR) is 126 cm³/mol. The number of hydrogen-bond acceptors (Lipinski definition) is 6. The van der Waals surface area contributed by atoms with Gasteiger partial charge in [-0.3, -0.25) is 9.78 Å². The second-order valence-corrected chi connectivity index (χ2v) is 9.37. The first-order valence-electron chi connectivity index (χ1n) is 10.4. The number of hydrogen-bond donors (Lipinski definition) is 0. The van der Waals surface area contributed by atoms with Crippen molar-refractivity contribution in [2.24, 2.45) is 0 Å². The normalized spacial score (nSPS) is 11.4. The molecule has 0 N–H and O–H groups in total. The van der Waals surface area contributed by atoms with Gasteiger partial charge in [-0.1, -0.05) is 17.7 Å². The molecular formula is C26H23NO5S. The quantitative estimate of drug-likeness (QED) is 0.360. The molecule has 0 bridgehead atoms. The summed E-state index contributed by atoms with van der Waals surface area (Å²) < 4.78 is 38.4. The molecule has 1 aromatic heterocycles. The summed E-state index contributed by atoms with van der Waals surface area (Å²) in [6.07, 6.45) is 1.33. The minimum Gasteiger partial charge on any atom is -0.497 e. The van der Waals surface area contributed by atoms with Gasteiger partial charge in [-0.25, -0.2) is 8.42 Å². The predicted octanol–water partition coefficient (Wildman–Crippen LogP) is 5.01. The van der Waals surface area contributed by atoms with Gasteiger partial charge in [0.2, 0.25) is 9.84 Å². The third-order valence-corrected chi connectivity index (χ3v) is 7.17. The van der Waals surface area contributed by atoms with Gasteiger partial charge in [0.25, 0.3) is 0 Å². The van der Waals surface area contributed by atoms with Crippen LogP contribution in [0.25, 0.3) is 10.9 Å². The smallest absolute Gasteiger partial charge is 0.208 e. The van der Waals surface area contributed by atoms with Crippen molar-refractivity contribution in [3.63, 3.8) is 0 Å². The van der Waals surface area contributed by atoms with E-state index >= 15 is 0 Å². The van der Waals surface area contributed by atoms with Gasteiger partial charge in [0.15, 0.2) is 5.78 Å². The fourth-order valence-corrected chi connectivity index (χ4v) is 5.21. The molecule has 0 spiro atoms. The number of fused-ring (bicyclic) bond motifs is 1. The summed E-state index contributed by atoms with van der Waals surface area (Å²) in [5.41, 5.74) is 1.72. The lowest BCUT2D eigenvalue weighted by atomic mass is 10.0. The molecule has 33 heavy (non-hydrogen) atoms. The van der Waals surface area contributed by atoms with E-state index in [1.807, 2.05) is 13.8 Å². The molecule has 0 saturated carbocycles. The van der Waals surface area contributed by atoms with E-state index in [0.29, 0.717) is 34.6 Å². The van der Waals surface area contributed by atoms with Crippen molar-refractivity contribution >= 4 is 26.5 Å². The first kappa shape index (κ1) is 22.5. The van der Waals surface area contributed by atoms with E-state index in [9.17, 15) is 13.2 Å². The first-order valence-corrected chi connectivity index (χ1v) is 11.9. The van der Waals surface area contributed by atoms with Crippen LogP contribution in [0.2, 0.25) is 0 Å². The van der Waals surface area contributed by atoms with Crippen molar-refractivity contribution < 1.29 is 22.7 Å². The van der Waals surface area contributed by atoms with Crippen molar-refractivity contribution in [2.45, 2.75) is 23.6 Å². The third kappa shape index (κ3) is 4.32. The highest BCUT2D eigenvalue weighted by atomic mass is 32.2. The van der Waals surface area contributed by atoms with E-state index in [0.717, 1.165) is 5.56 Å². The molecule has 3 aromatic carbocycles. The summed E-state index contributed by atoms with van der Waals surface area (Å²) in [5.74, 6) is 0.651. The number of benzene rings is 3. The van der Waals surface area contributed by atoms with E-state index in [2.05, 4.69) is 4.98 Å². The van der Waals surface area contributed by atoms with E-state index in [1.54, 1.807) is 66.7 Å². The van der Waals surface area contributed by atoms with Crippen LogP contribution in [-0.2, 0) is 9.84 Å². The molecule has 0 fully saturated rings. The summed E-state index contributed by atoms with van der Waals surface area (Å²) in [7, 11) is -2.52. The number of nitrogens with zero attached hydrogens (tertiary/aromatic N) is 1. The van der Waals surface area contributed by atoms with Gasteiger partial charge in [-0.2, -0.15) is 0 Å². The number of carbonyl (C=O) groups is 1. The number of ether oxygens (including phenoxy) is 2.